The molecule has 111 heavy (non-hydrogen) atoms. The Labute approximate surface area is 641 Å². The Kier molecular flexibility index (Phi) is 30.5. The van der Waals surface area contributed by atoms with Crippen LogP contribution in [0.25, 0.3) is 21.8 Å². The van der Waals surface area contributed by atoms with Crippen molar-refractivity contribution < 1.29 is 92.0 Å². The highest BCUT2D eigenvalue weighted by Gasteiger charge is 2.42. The van der Waals surface area contributed by atoms with Gasteiger partial charge in [0.05, 0.1) is 31.7 Å². The first kappa shape index (κ1) is 84.7. The maximum atomic E-state index is 15.3. The van der Waals surface area contributed by atoms with Gasteiger partial charge in [-0.15, -0.1) is 0 Å². The van der Waals surface area contributed by atoms with Crippen molar-refractivity contribution in [2.75, 3.05) is 18.1 Å². The van der Waals surface area contributed by atoms with Gasteiger partial charge in [0.2, 0.25) is 82.7 Å². The number of carbonyl (C=O) groups is 16. The second kappa shape index (κ2) is 40.0. The van der Waals surface area contributed by atoms with Gasteiger partial charge in [-0.3, -0.25) is 76.9 Å². The monoisotopic (exact) mass is 1580 g/mol. The molecule has 2 aliphatic rings. The first-order valence-corrected chi connectivity index (χ1v) is 37.9. The number of rotatable bonds is 28. The highest BCUT2D eigenvalue weighted by Crippen LogP contribution is 2.27. The number of imidazole rings is 1. The predicted octanol–water partition coefficient (Wildman–Crippen LogP) is -3.49. The molecule has 0 aliphatic carbocycles. The zero-order valence-corrected chi connectivity index (χ0v) is 62.3. The Balaban J connectivity index is 1.20. The van der Waals surface area contributed by atoms with E-state index in [1.807, 2.05) is 0 Å². The third-order valence-electron chi connectivity index (χ3n) is 18.5. The molecule has 6 heterocycles. The van der Waals surface area contributed by atoms with Crippen LogP contribution in [-0.4, -0.2) is 236 Å². The molecule has 2 fully saturated rings. The van der Waals surface area contributed by atoms with E-state index in [4.69, 9.17) is 11.5 Å². The number of carboxylic acids is 2. The topological polar surface area (TPSA) is 595 Å². The number of amides is 14. The van der Waals surface area contributed by atoms with E-state index in [2.05, 4.69) is 83.4 Å². The van der Waals surface area contributed by atoms with Crippen LogP contribution in [0.1, 0.15) is 88.6 Å². The molecule has 0 unspecified atom stereocenters. The number of hydrogen-bond acceptors (Lipinski definition) is 21. The van der Waals surface area contributed by atoms with Crippen LogP contribution in [0.2, 0.25) is 0 Å². The molecule has 8 rings (SSSR count). The Hall–Kier alpha value is -11.9. The second-order valence-corrected chi connectivity index (χ2v) is 29.4. The van der Waals surface area contributed by atoms with Crippen molar-refractivity contribution in [1.29, 1.82) is 0 Å². The minimum Gasteiger partial charge on any atom is -0.481 e. The number of nitrogens with zero attached hydrogens (tertiary/aromatic N) is 3. The Morgan fingerprint density at radius 3 is 1.72 bits per heavy atom. The number of hydrogen-bond donors (Lipinski definition) is 19. The van der Waals surface area contributed by atoms with Gasteiger partial charge in [0, 0.05) is 109 Å². The first-order valence-electron chi connectivity index (χ1n) is 35.4. The summed E-state index contributed by atoms with van der Waals surface area (Å²) in [4.78, 5) is 244. The van der Waals surface area contributed by atoms with Crippen molar-refractivity contribution in [3.8, 4) is 0 Å². The Bertz CT molecular complexity index is 4410. The number of benzene rings is 2. The lowest BCUT2D eigenvalue weighted by Crippen LogP contribution is -2.63. The third-order valence-corrected chi connectivity index (χ3v) is 20.9. The number of aromatic amines is 3. The fourth-order valence-corrected chi connectivity index (χ4v) is 14.9. The summed E-state index contributed by atoms with van der Waals surface area (Å²) in [7, 11) is 1.40. The summed E-state index contributed by atoms with van der Waals surface area (Å²) in [5.74, 6) is -21.0. The summed E-state index contributed by atoms with van der Waals surface area (Å²) in [5.41, 5.74) is 14.1. The van der Waals surface area contributed by atoms with Crippen LogP contribution < -0.4 is 70.0 Å². The minimum absolute atomic E-state index is 0.0317. The zero-order chi connectivity index (χ0) is 80.8. The lowest BCUT2D eigenvalue weighted by atomic mass is 9.97. The summed E-state index contributed by atoms with van der Waals surface area (Å²) < 4.78 is 0. The SMILES string of the molecule is CC[C@H](C)[C@H](NC(=O)[C@@H](NC(=O)[C@H](Cc1cccnc1)NC(C)=O)[C@@H](C)O)C(=O)N[C@H]1CSSC[C@@H](C(=O)N[C@@H](Cc2c[nH]c3ccccc23)C(=O)N2CCC[C@H]2C(=O)O)NC(=O)[C@H](CC(=O)O)NC(=O)[C@H](Cc2cnc[nH]2)NC(=O)[C@H](Cc2c[nH]c3ccccc23)NC(=O)[C@H](CC(N)=O)NC(=O)[C@H](CC(N)=O)NC1=O. The molecule has 6 aromatic rings. The predicted molar refractivity (Wildman–Crippen MR) is 399 cm³/mol. The summed E-state index contributed by atoms with van der Waals surface area (Å²) in [6.45, 7) is 5.43. The molecule has 2 aromatic carbocycles. The minimum atomic E-state index is -2.11. The van der Waals surface area contributed by atoms with Crippen LogP contribution >= 0.6 is 21.6 Å². The van der Waals surface area contributed by atoms with Crippen LogP contribution in [-0.2, 0) is 102 Å². The molecule has 21 N–H and O–H groups in total. The van der Waals surface area contributed by atoms with Gasteiger partial charge < -0.3 is 105 Å². The maximum absolute atomic E-state index is 15.3. The average molecular weight is 1580 g/mol. The van der Waals surface area contributed by atoms with Crippen molar-refractivity contribution >= 4 is 138 Å². The van der Waals surface area contributed by atoms with Crippen molar-refractivity contribution in [3.05, 3.63) is 120 Å². The summed E-state index contributed by atoms with van der Waals surface area (Å²) >= 11 is 0. The number of carbonyl (C=O) groups excluding carboxylic acids is 14. The molecular weight excluding hydrogens is 1490 g/mol. The van der Waals surface area contributed by atoms with E-state index in [1.54, 1.807) is 73.8 Å². The third kappa shape index (κ3) is 24.0. The van der Waals surface area contributed by atoms with Crippen molar-refractivity contribution in [1.82, 2.24) is 88.3 Å². The molecule has 0 saturated carbocycles. The van der Waals surface area contributed by atoms with E-state index >= 15 is 14.4 Å². The van der Waals surface area contributed by atoms with E-state index in [1.165, 1.54) is 38.0 Å². The molecule has 594 valence electrons. The highest BCUT2D eigenvalue weighted by atomic mass is 33.1. The maximum Gasteiger partial charge on any atom is 0.326 e. The normalized spacial score (nSPS) is 21.5. The Morgan fingerprint density at radius 1 is 0.595 bits per heavy atom. The molecule has 2 aliphatic heterocycles. The van der Waals surface area contributed by atoms with E-state index in [-0.39, 0.29) is 44.3 Å². The smallest absolute Gasteiger partial charge is 0.326 e. The number of H-pyrrole nitrogens is 3. The highest BCUT2D eigenvalue weighted by molar-refractivity contribution is 8.76. The quantitative estimate of drug-likeness (QED) is 0.0212. The van der Waals surface area contributed by atoms with Crippen molar-refractivity contribution in [3.63, 3.8) is 0 Å². The molecule has 4 aromatic heterocycles. The number of primary amides is 2. The van der Waals surface area contributed by atoms with Gasteiger partial charge in [0.25, 0.3) is 0 Å². The number of para-hydroxylation sites is 2. The van der Waals surface area contributed by atoms with E-state index < -0.39 is 223 Å². The molecular formula is C71H89N19O19S2. The Morgan fingerprint density at radius 2 is 1.15 bits per heavy atom. The largest absolute Gasteiger partial charge is 0.481 e. The van der Waals surface area contributed by atoms with Crippen LogP contribution in [0.5, 0.6) is 0 Å². The lowest BCUT2D eigenvalue weighted by Gasteiger charge is -2.30. The number of nitrogens with two attached hydrogens (primary N) is 2. The zero-order valence-electron chi connectivity index (χ0n) is 60.7. The summed E-state index contributed by atoms with van der Waals surface area (Å²) in [6.07, 6.45) is 2.82. The van der Waals surface area contributed by atoms with Crippen LogP contribution in [0, 0.1) is 5.92 Å². The number of likely N-dealkylation sites (tertiary alicyclic amines) is 1. The standard InChI is InChI=1S/C71H89N19O19S2/c1-5-34(2)58(88-69(106)59(35(3)91)89-65(102)45(79-36(4)92)20-37-12-10-18-74-27-37)68(105)87-53-32-111-110-31-52(67(104)85-51(70(107)90-19-11-17-54(90)71(108)109)22-39-29-77-44-16-9-7-14-42(39)44)86-64(101)50(26-57(95)96)84-61(98)47(23-40-30-75-33-78-40)81-60(97)46(21-38-28-76-43-15-8-6-13-41(38)43)80-62(99)48(24-55(72)93)82-63(100)49(25-56(73)94)83-66(53)103/h6-10,12-16,18,27-30,33-35,45-54,58-59,76-77,91H,5,11,17,19-26,31-32H2,1-4H3,(H2,72,93)(H2,73,94)(H,75,78)(H,79,92)(H,80,99)(H,81,97)(H,82,100)(H,83,103)(H,84,98)(H,85,104)(H,86,101)(H,87,105)(H,88,106)(H,89,102)(H,95,96)(H,108,109)/t34-,35+,45-,46-,47-,48-,49-,50-,51-,52-,53-,54-,58-,59-/m0/s1. The number of carboxylic acid groups (broad SMARTS) is 2. The van der Waals surface area contributed by atoms with Gasteiger partial charge in [-0.05, 0) is 60.6 Å². The molecule has 2 saturated heterocycles. The van der Waals surface area contributed by atoms with Gasteiger partial charge >= 0.3 is 11.9 Å². The summed E-state index contributed by atoms with van der Waals surface area (Å²) in [6, 6.07) is -4.35. The number of aliphatic hydroxyl groups is 1. The molecule has 0 radical (unpaired) electrons. The van der Waals surface area contributed by atoms with E-state index in [9.17, 15) is 77.6 Å². The van der Waals surface area contributed by atoms with Gasteiger partial charge in [-0.25, -0.2) is 9.78 Å². The van der Waals surface area contributed by atoms with Crippen molar-refractivity contribution in [2.24, 2.45) is 17.4 Å². The van der Waals surface area contributed by atoms with Crippen molar-refractivity contribution in [2.45, 2.75) is 171 Å². The number of aliphatic carboxylic acids is 2. The van der Waals surface area contributed by atoms with Gasteiger partial charge in [-0.2, -0.15) is 0 Å². The van der Waals surface area contributed by atoms with E-state index in [0.29, 0.717) is 60.1 Å². The second-order valence-electron chi connectivity index (χ2n) is 26.9. The van der Waals surface area contributed by atoms with Crippen LogP contribution in [0.4, 0.5) is 0 Å². The van der Waals surface area contributed by atoms with Gasteiger partial charge in [-0.1, -0.05) is 84.3 Å². The molecule has 0 spiro atoms. The van der Waals surface area contributed by atoms with Crippen LogP contribution in [0.15, 0.2) is 98.0 Å². The number of aromatic nitrogens is 5. The average Bonchev–Trinajstić information content (AvgIpc) is 1.62. The summed E-state index contributed by atoms with van der Waals surface area (Å²) in [5, 5.41) is 60.0. The molecule has 38 nitrogen and oxygen atoms in total. The van der Waals surface area contributed by atoms with E-state index in [0.717, 1.165) is 18.7 Å². The fraction of sp³-hybridized carbons (Fsp3) is 0.437. The van der Waals surface area contributed by atoms with Gasteiger partial charge in [0.1, 0.15) is 72.5 Å². The molecule has 14 amide bonds. The number of nitrogens with one attached hydrogen (secondary N) is 14. The van der Waals surface area contributed by atoms with Crippen LogP contribution in [0.3, 0.4) is 0 Å². The molecule has 0 bridgehead atoms. The fourth-order valence-electron chi connectivity index (χ4n) is 12.5. The number of fused-ring (bicyclic) bond motifs is 2. The number of pyridine rings is 1. The first-order chi connectivity index (χ1) is 52.9. The number of aliphatic hydroxyl groups excluding tert-OH is 1. The lowest BCUT2D eigenvalue weighted by molar-refractivity contribution is -0.149. The molecule has 14 atom stereocenters. The van der Waals surface area contributed by atoms with Gasteiger partial charge in [0.15, 0.2) is 0 Å². The molecule has 40 heteroatoms.